The molecule has 1 aromatic rings. The molecule has 6 nitrogen and oxygen atoms in total. The lowest BCUT2D eigenvalue weighted by molar-refractivity contribution is -0.139. The van der Waals surface area contributed by atoms with Crippen LogP contribution in [0.15, 0.2) is 6.07 Å². The van der Waals surface area contributed by atoms with Crippen molar-refractivity contribution in [1.82, 2.24) is 4.90 Å². The van der Waals surface area contributed by atoms with E-state index in [1.165, 1.54) is 0 Å². The van der Waals surface area contributed by atoms with E-state index in [-0.39, 0.29) is 42.6 Å². The lowest BCUT2D eigenvalue weighted by Crippen LogP contribution is -2.37. The number of hydrogen-bond donors (Lipinski definition) is 0. The Morgan fingerprint density at radius 2 is 1.66 bits per heavy atom. The fraction of sp³-hybridized carbons (Fsp3) is 0.524. The topological polar surface area (TPSA) is 80.8 Å². The van der Waals surface area contributed by atoms with Gasteiger partial charge in [0.15, 0.2) is 11.6 Å². The lowest BCUT2D eigenvalue weighted by Gasteiger charge is -2.29. The van der Waals surface area contributed by atoms with Gasteiger partial charge in [0.25, 0.3) is 0 Å². The number of hydrogen-bond acceptors (Lipinski definition) is 6. The molecule has 0 aromatic heterocycles. The monoisotopic (exact) mass is 475 g/mol. The SMILES string of the molecule is CC(=O)C1CCC(CN2C(=O)CC(SCC(=O)Oc3c(F)c(F)cc(F)c3F)C2=O)CC1. The molecule has 2 fully saturated rings. The van der Waals surface area contributed by atoms with Crippen molar-refractivity contribution >= 4 is 35.3 Å². The highest BCUT2D eigenvalue weighted by Gasteiger charge is 2.40. The molecule has 0 radical (unpaired) electrons. The van der Waals surface area contributed by atoms with Crippen LogP contribution in [-0.2, 0) is 19.2 Å². The van der Waals surface area contributed by atoms with E-state index in [1.807, 2.05) is 0 Å². The Kier molecular flexibility index (Phi) is 7.58. The van der Waals surface area contributed by atoms with Crippen LogP contribution in [0, 0.1) is 35.1 Å². The maximum atomic E-state index is 13.6. The average Bonchev–Trinajstić information content (AvgIpc) is 3.01. The van der Waals surface area contributed by atoms with Gasteiger partial charge in [-0.15, -0.1) is 11.8 Å². The minimum atomic E-state index is -1.85. The number of carbonyl (C=O) groups is 4. The molecule has 1 aliphatic carbocycles. The molecule has 1 atom stereocenters. The van der Waals surface area contributed by atoms with E-state index in [2.05, 4.69) is 4.74 Å². The van der Waals surface area contributed by atoms with Crippen LogP contribution in [0.3, 0.4) is 0 Å². The number of halogens is 4. The van der Waals surface area contributed by atoms with Crippen molar-refractivity contribution in [2.24, 2.45) is 11.8 Å². The lowest BCUT2D eigenvalue weighted by atomic mass is 9.80. The Hall–Kier alpha value is -2.43. The van der Waals surface area contributed by atoms with Crippen LogP contribution in [0.25, 0.3) is 0 Å². The highest BCUT2D eigenvalue weighted by Crippen LogP contribution is 2.33. The van der Waals surface area contributed by atoms with Gasteiger partial charge in [-0.25, -0.2) is 8.78 Å². The maximum Gasteiger partial charge on any atom is 0.321 e. The summed E-state index contributed by atoms with van der Waals surface area (Å²) < 4.78 is 58.0. The predicted molar refractivity (Wildman–Crippen MR) is 106 cm³/mol. The molecular weight excluding hydrogens is 454 g/mol. The Bertz CT molecular complexity index is 922. The zero-order valence-corrected chi connectivity index (χ0v) is 18.0. The zero-order chi connectivity index (χ0) is 23.6. The first-order valence-corrected chi connectivity index (χ1v) is 11.1. The number of esters is 1. The van der Waals surface area contributed by atoms with E-state index < -0.39 is 51.9 Å². The first-order chi connectivity index (χ1) is 15.1. The van der Waals surface area contributed by atoms with E-state index >= 15 is 0 Å². The number of ketones is 1. The number of amides is 2. The summed E-state index contributed by atoms with van der Waals surface area (Å²) >= 11 is 0.750. The number of Topliss-reactive ketones (excluding diaryl/α,β-unsaturated/α-hetero) is 1. The molecule has 0 spiro atoms. The van der Waals surface area contributed by atoms with Gasteiger partial charge in [0.2, 0.25) is 29.2 Å². The molecule has 1 saturated heterocycles. The minimum absolute atomic E-state index is 0.0132. The molecule has 1 aromatic carbocycles. The minimum Gasteiger partial charge on any atom is -0.419 e. The number of imide groups is 1. The normalized spacial score (nSPS) is 23.5. The van der Waals surface area contributed by atoms with Gasteiger partial charge in [0, 0.05) is 24.9 Å². The van der Waals surface area contributed by atoms with Crippen molar-refractivity contribution < 1.29 is 41.5 Å². The van der Waals surface area contributed by atoms with Crippen LogP contribution in [0.1, 0.15) is 39.0 Å². The van der Waals surface area contributed by atoms with E-state index in [1.54, 1.807) is 6.92 Å². The number of ether oxygens (including phenoxy) is 1. The third-order valence-electron chi connectivity index (χ3n) is 5.75. The molecule has 1 unspecified atom stereocenters. The van der Waals surface area contributed by atoms with Gasteiger partial charge in [0.1, 0.15) is 5.78 Å². The maximum absolute atomic E-state index is 13.6. The highest BCUT2D eigenvalue weighted by molar-refractivity contribution is 8.01. The van der Waals surface area contributed by atoms with E-state index in [4.69, 9.17) is 0 Å². The van der Waals surface area contributed by atoms with Crippen molar-refractivity contribution in [2.75, 3.05) is 12.3 Å². The van der Waals surface area contributed by atoms with Gasteiger partial charge in [-0.05, 0) is 38.5 Å². The number of carbonyl (C=O) groups excluding carboxylic acids is 4. The second kappa shape index (κ2) is 10.0. The summed E-state index contributed by atoms with van der Waals surface area (Å²) in [5.41, 5.74) is 0. The first kappa shape index (κ1) is 24.2. The molecular formula is C21H21F4NO5S. The fourth-order valence-corrected chi connectivity index (χ4v) is 4.86. The Labute approximate surface area is 185 Å². The number of nitrogens with zero attached hydrogens (tertiary/aromatic N) is 1. The predicted octanol–water partition coefficient (Wildman–Crippen LogP) is 3.40. The second-order valence-electron chi connectivity index (χ2n) is 7.95. The summed E-state index contributed by atoms with van der Waals surface area (Å²) in [5.74, 6) is -11.0. The van der Waals surface area contributed by atoms with Crippen LogP contribution in [-0.4, -0.2) is 46.0 Å². The number of rotatable bonds is 7. The molecule has 0 bridgehead atoms. The molecule has 3 rings (SSSR count). The third-order valence-corrected chi connectivity index (χ3v) is 6.93. The zero-order valence-electron chi connectivity index (χ0n) is 17.2. The molecule has 11 heteroatoms. The standard InChI is InChI=1S/C21H21F4NO5S/c1-10(27)12-4-2-11(3-5-12)8-26-16(28)7-15(21(26)30)32-9-17(29)31-20-18(24)13(22)6-14(23)19(20)25/h6,11-12,15H,2-5,7-9H2,1H3. The van der Waals surface area contributed by atoms with Crippen molar-refractivity contribution in [2.45, 2.75) is 44.3 Å². The molecule has 32 heavy (non-hydrogen) atoms. The van der Waals surface area contributed by atoms with Crippen molar-refractivity contribution in [1.29, 1.82) is 0 Å². The second-order valence-corrected chi connectivity index (χ2v) is 9.14. The third kappa shape index (κ3) is 5.31. The quantitative estimate of drug-likeness (QED) is 0.198. The Morgan fingerprint density at radius 3 is 2.22 bits per heavy atom. The fourth-order valence-electron chi connectivity index (χ4n) is 3.94. The van der Waals surface area contributed by atoms with Crippen molar-refractivity contribution in [3.05, 3.63) is 29.3 Å². The highest BCUT2D eigenvalue weighted by atomic mass is 32.2. The molecule has 1 saturated carbocycles. The van der Waals surface area contributed by atoms with Gasteiger partial charge < -0.3 is 4.74 Å². The van der Waals surface area contributed by atoms with E-state index in [0.717, 1.165) is 29.5 Å². The summed E-state index contributed by atoms with van der Waals surface area (Å²) in [4.78, 5) is 49.4. The average molecular weight is 475 g/mol. The number of thioether (sulfide) groups is 1. The van der Waals surface area contributed by atoms with Crippen LogP contribution in [0.5, 0.6) is 5.75 Å². The van der Waals surface area contributed by atoms with Crippen molar-refractivity contribution in [3.63, 3.8) is 0 Å². The molecule has 2 aliphatic rings. The van der Waals surface area contributed by atoms with E-state index in [9.17, 15) is 36.7 Å². The van der Waals surface area contributed by atoms with E-state index in [0.29, 0.717) is 12.8 Å². The summed E-state index contributed by atoms with van der Waals surface area (Å²) in [5, 5.41) is -0.873. The Morgan fingerprint density at radius 1 is 1.06 bits per heavy atom. The van der Waals surface area contributed by atoms with Crippen LogP contribution >= 0.6 is 11.8 Å². The van der Waals surface area contributed by atoms with Crippen LogP contribution in [0.2, 0.25) is 0 Å². The molecule has 0 N–H and O–H groups in total. The first-order valence-electron chi connectivity index (χ1n) is 10.1. The molecule has 1 aliphatic heterocycles. The van der Waals surface area contributed by atoms with Gasteiger partial charge in [-0.2, -0.15) is 8.78 Å². The van der Waals surface area contributed by atoms with Gasteiger partial charge >= 0.3 is 5.97 Å². The summed E-state index contributed by atoms with van der Waals surface area (Å²) in [7, 11) is 0. The Balaban J connectivity index is 1.52. The van der Waals surface area contributed by atoms with Crippen molar-refractivity contribution in [3.8, 4) is 5.75 Å². The van der Waals surface area contributed by atoms with Gasteiger partial charge in [0.05, 0.1) is 11.0 Å². The van der Waals surface area contributed by atoms with Gasteiger partial charge in [-0.1, -0.05) is 0 Å². The molecule has 2 amide bonds. The summed E-state index contributed by atoms with van der Waals surface area (Å²) in [6.07, 6.45) is 2.75. The molecule has 1 heterocycles. The smallest absolute Gasteiger partial charge is 0.321 e. The number of benzene rings is 1. The number of likely N-dealkylation sites (tertiary alicyclic amines) is 1. The summed E-state index contributed by atoms with van der Waals surface area (Å²) in [6, 6.07) is -0.0132. The summed E-state index contributed by atoms with van der Waals surface area (Å²) in [6.45, 7) is 1.79. The largest absolute Gasteiger partial charge is 0.419 e. The van der Waals surface area contributed by atoms with Gasteiger partial charge in [-0.3, -0.25) is 24.1 Å². The molecule has 174 valence electrons. The van der Waals surface area contributed by atoms with Crippen LogP contribution in [0.4, 0.5) is 17.6 Å². The van der Waals surface area contributed by atoms with Crippen LogP contribution < -0.4 is 4.74 Å².